The summed E-state index contributed by atoms with van der Waals surface area (Å²) in [5.41, 5.74) is 0.129. The van der Waals surface area contributed by atoms with Crippen molar-refractivity contribution in [2.45, 2.75) is 57.1 Å². The Bertz CT molecular complexity index is 1050. The smallest absolute Gasteiger partial charge is 0.387 e. The molecule has 2 amide bonds. The number of carbonyl (C=O) groups is 1. The van der Waals surface area contributed by atoms with Crippen LogP contribution in [0, 0.1) is 6.92 Å². The second-order valence-electron chi connectivity index (χ2n) is 7.38. The van der Waals surface area contributed by atoms with Crippen molar-refractivity contribution in [3.63, 3.8) is 0 Å². The van der Waals surface area contributed by atoms with Gasteiger partial charge in [0.05, 0.1) is 10.5 Å². The minimum absolute atomic E-state index is 0.0364. The van der Waals surface area contributed by atoms with Crippen molar-refractivity contribution in [1.82, 2.24) is 4.98 Å². The third kappa shape index (κ3) is 5.94. The summed E-state index contributed by atoms with van der Waals surface area (Å²) in [4.78, 5) is 16.8. The number of thiazole rings is 1. The number of hydrogen-bond acceptors (Lipinski definition) is 6. The Morgan fingerprint density at radius 1 is 1.40 bits per heavy atom. The summed E-state index contributed by atoms with van der Waals surface area (Å²) < 4.78 is 45.7. The third-order valence-electron chi connectivity index (χ3n) is 3.97. The Morgan fingerprint density at radius 3 is 2.53 bits per heavy atom. The van der Waals surface area contributed by atoms with Gasteiger partial charge in [-0.25, -0.2) is 19.1 Å². The van der Waals surface area contributed by atoms with Crippen molar-refractivity contribution in [1.29, 1.82) is 0 Å². The summed E-state index contributed by atoms with van der Waals surface area (Å²) in [6.45, 7) is 5.32. The van der Waals surface area contributed by atoms with Gasteiger partial charge in [-0.2, -0.15) is 8.78 Å². The minimum Gasteiger partial charge on any atom is -0.435 e. The molecule has 0 fully saturated rings. The molecule has 1 aromatic heterocycles. The number of carbonyl (C=O) groups excluding carboxylic acids is 1. The predicted octanol–water partition coefficient (Wildman–Crippen LogP) is 4.34. The largest absolute Gasteiger partial charge is 0.435 e. The lowest BCUT2D eigenvalue weighted by Gasteiger charge is -2.18. The van der Waals surface area contributed by atoms with Gasteiger partial charge in [-0.15, -0.1) is 15.7 Å². The van der Waals surface area contributed by atoms with Crippen LogP contribution >= 0.6 is 11.3 Å². The Kier molecular flexibility index (Phi) is 7.17. The fourth-order valence-corrected chi connectivity index (χ4v) is 4.63. The number of hydrogen-bond donors (Lipinski definition) is 3. The van der Waals surface area contributed by atoms with Crippen molar-refractivity contribution in [2.75, 3.05) is 5.32 Å². The Labute approximate surface area is 177 Å². The van der Waals surface area contributed by atoms with Crippen LogP contribution in [0.3, 0.4) is 0 Å². The van der Waals surface area contributed by atoms with Gasteiger partial charge < -0.3 is 15.2 Å². The number of anilines is 1. The average Bonchev–Trinajstić information content (AvgIpc) is 3.07. The number of ether oxygens (including phenoxy) is 1. The van der Waals surface area contributed by atoms with Crippen LogP contribution in [0.2, 0.25) is 0 Å². The van der Waals surface area contributed by atoms with Crippen LogP contribution in [0.25, 0.3) is 0 Å². The van der Waals surface area contributed by atoms with Gasteiger partial charge in [0, 0.05) is 11.9 Å². The van der Waals surface area contributed by atoms with Gasteiger partial charge in [-0.05, 0) is 49.9 Å². The van der Waals surface area contributed by atoms with E-state index in [9.17, 15) is 22.9 Å². The summed E-state index contributed by atoms with van der Waals surface area (Å²) in [6.07, 6.45) is 1.32. The molecule has 0 saturated heterocycles. The highest BCUT2D eigenvalue weighted by Crippen LogP contribution is 2.33. The molecule has 2 rings (SSSR count). The number of urea groups is 1. The molecule has 8 nitrogen and oxygen atoms in total. The first kappa shape index (κ1) is 24.1. The van der Waals surface area contributed by atoms with Crippen molar-refractivity contribution >= 4 is 33.0 Å². The van der Waals surface area contributed by atoms with Crippen LogP contribution in [0.15, 0.2) is 27.0 Å². The number of rotatable bonds is 6. The molecule has 12 heteroatoms. The number of nitrogens with two attached hydrogens (primary N) is 1. The summed E-state index contributed by atoms with van der Waals surface area (Å²) in [7, 11) is -3.65. The summed E-state index contributed by atoms with van der Waals surface area (Å²) in [5, 5.41) is 18.3. The molecule has 0 bridgehead atoms. The van der Waals surface area contributed by atoms with Crippen LogP contribution in [0.4, 0.5) is 19.3 Å². The lowest BCUT2D eigenvalue weighted by atomic mass is 9.97. The second-order valence-corrected chi connectivity index (χ2v) is 10.4. The molecule has 1 atom stereocenters. The minimum atomic E-state index is -3.65. The monoisotopic (exact) mass is 462 g/mol. The highest BCUT2D eigenvalue weighted by Gasteiger charge is 2.23. The van der Waals surface area contributed by atoms with Gasteiger partial charge in [0.2, 0.25) is 4.34 Å². The zero-order chi connectivity index (χ0) is 22.9. The molecule has 2 aromatic rings. The number of benzene rings is 1. The lowest BCUT2D eigenvalue weighted by molar-refractivity contribution is -0.0499. The molecule has 166 valence electrons. The Balaban J connectivity index is 2.37. The SMILES string of the molecule is Cc1cc(OC(F)F)cc(C(C)C)c1NC(=O)N=S(N)(=O)c1ncc(C(C)(C)O)s1. The van der Waals surface area contributed by atoms with E-state index in [1.165, 1.54) is 32.2 Å². The average molecular weight is 463 g/mol. The van der Waals surface area contributed by atoms with E-state index >= 15 is 0 Å². The van der Waals surface area contributed by atoms with Crippen LogP contribution in [0.1, 0.15) is 49.6 Å². The van der Waals surface area contributed by atoms with E-state index < -0.39 is 28.2 Å². The maximum absolute atomic E-state index is 12.7. The summed E-state index contributed by atoms with van der Waals surface area (Å²) in [6, 6.07) is 1.77. The Hall–Kier alpha value is -2.15. The fraction of sp³-hybridized carbons (Fsp3) is 0.444. The topological polar surface area (TPSA) is 127 Å². The first-order valence-electron chi connectivity index (χ1n) is 8.84. The normalized spacial score (nSPS) is 14.0. The zero-order valence-corrected chi connectivity index (χ0v) is 18.7. The molecule has 0 aliphatic heterocycles. The number of nitrogens with zero attached hydrogens (tertiary/aromatic N) is 2. The van der Waals surface area contributed by atoms with Gasteiger partial charge in [0.25, 0.3) is 0 Å². The zero-order valence-electron chi connectivity index (χ0n) is 17.1. The molecule has 4 N–H and O–H groups in total. The van der Waals surface area contributed by atoms with E-state index in [4.69, 9.17) is 5.14 Å². The van der Waals surface area contributed by atoms with E-state index in [1.54, 1.807) is 6.92 Å². The van der Waals surface area contributed by atoms with Gasteiger partial charge in [-0.3, -0.25) is 0 Å². The molecule has 0 aliphatic rings. The van der Waals surface area contributed by atoms with E-state index in [-0.39, 0.29) is 16.0 Å². The predicted molar refractivity (Wildman–Crippen MR) is 111 cm³/mol. The van der Waals surface area contributed by atoms with Crippen molar-refractivity contribution < 1.29 is 27.6 Å². The summed E-state index contributed by atoms with van der Waals surface area (Å²) in [5.74, 6) is -0.179. The standard InChI is InChI=1S/C18H24F2N4O4S2/c1-9(2)12-7-11(28-15(19)20)6-10(3)14(12)23-16(25)24-30(21,27)17-22-8-13(29-17)18(4,5)26/h6-9,15,26H,1-5H3,(H3,21,23,24,25,27). The molecule has 0 aliphatic carbocycles. The highest BCUT2D eigenvalue weighted by molar-refractivity contribution is 7.93. The molecule has 1 heterocycles. The van der Waals surface area contributed by atoms with Crippen LogP contribution in [0.5, 0.6) is 5.75 Å². The number of aryl methyl sites for hydroxylation is 1. The number of alkyl halides is 2. The first-order valence-corrected chi connectivity index (χ1v) is 11.2. The van der Waals surface area contributed by atoms with E-state index in [2.05, 4.69) is 19.4 Å². The van der Waals surface area contributed by atoms with E-state index in [0.29, 0.717) is 21.7 Å². The van der Waals surface area contributed by atoms with Crippen molar-refractivity contribution in [3.05, 3.63) is 34.3 Å². The van der Waals surface area contributed by atoms with Gasteiger partial charge in [0.15, 0.2) is 9.92 Å². The highest BCUT2D eigenvalue weighted by atomic mass is 32.2. The maximum Gasteiger partial charge on any atom is 0.387 e. The van der Waals surface area contributed by atoms with Crippen LogP contribution in [-0.4, -0.2) is 26.9 Å². The third-order valence-corrected chi connectivity index (χ3v) is 7.09. The number of aliphatic hydroxyl groups is 1. The first-order chi connectivity index (χ1) is 13.7. The number of amides is 2. The quantitative estimate of drug-likeness (QED) is 0.589. The van der Waals surface area contributed by atoms with Gasteiger partial charge >= 0.3 is 12.6 Å². The molecular formula is C18H24F2N4O4S2. The lowest BCUT2D eigenvalue weighted by Crippen LogP contribution is -2.18. The maximum atomic E-state index is 12.7. The van der Waals surface area contributed by atoms with E-state index in [1.807, 2.05) is 13.8 Å². The molecule has 30 heavy (non-hydrogen) atoms. The van der Waals surface area contributed by atoms with Crippen molar-refractivity contribution in [2.24, 2.45) is 9.50 Å². The molecule has 0 spiro atoms. The summed E-state index contributed by atoms with van der Waals surface area (Å²) >= 11 is 0.891. The van der Waals surface area contributed by atoms with Gasteiger partial charge in [-0.1, -0.05) is 13.8 Å². The van der Waals surface area contributed by atoms with E-state index in [0.717, 1.165) is 11.3 Å². The molecule has 1 aromatic carbocycles. The van der Waals surface area contributed by atoms with Crippen molar-refractivity contribution in [3.8, 4) is 5.75 Å². The van der Waals surface area contributed by atoms with Crippen LogP contribution in [-0.2, 0) is 15.5 Å². The fourth-order valence-electron chi connectivity index (χ4n) is 2.55. The van der Waals surface area contributed by atoms with Crippen LogP contribution < -0.4 is 15.2 Å². The number of aromatic nitrogens is 1. The number of halogens is 2. The molecular weight excluding hydrogens is 438 g/mol. The Morgan fingerprint density at radius 2 is 2.03 bits per heavy atom. The molecule has 0 radical (unpaired) electrons. The molecule has 0 saturated carbocycles. The second kappa shape index (κ2) is 8.92. The number of nitrogens with one attached hydrogen (secondary N) is 1. The molecule has 1 unspecified atom stereocenters. The van der Waals surface area contributed by atoms with Gasteiger partial charge in [0.1, 0.15) is 5.75 Å².